The number of aromatic nitrogens is 1. The van der Waals surface area contributed by atoms with Gasteiger partial charge in [-0.1, -0.05) is 18.2 Å². The van der Waals surface area contributed by atoms with Crippen LogP contribution in [-0.2, 0) is 11.3 Å². The van der Waals surface area contributed by atoms with E-state index in [0.717, 1.165) is 18.4 Å². The summed E-state index contributed by atoms with van der Waals surface area (Å²) in [6.07, 6.45) is -2.90. The van der Waals surface area contributed by atoms with Gasteiger partial charge in [-0.15, -0.1) is 13.2 Å². The first-order valence-corrected chi connectivity index (χ1v) is 8.50. The molecule has 2 heterocycles. The fourth-order valence-electron chi connectivity index (χ4n) is 3.26. The van der Waals surface area contributed by atoms with E-state index in [-0.39, 0.29) is 11.9 Å². The molecule has 1 fully saturated rings. The van der Waals surface area contributed by atoms with E-state index < -0.39 is 12.1 Å². The van der Waals surface area contributed by atoms with Gasteiger partial charge in [-0.05, 0) is 48.2 Å². The first-order valence-electron chi connectivity index (χ1n) is 8.50. The molecule has 0 radical (unpaired) electrons. The molecule has 0 spiro atoms. The second kappa shape index (κ2) is 6.77. The standard InChI is InChI=1S/C19H16F3NO4/c20-19(21,22)27-14-6-3-12(4-7-14)13-5-8-17-16(10-13)23(18(24)26-17)11-15-2-1-9-25-15/h3-8,10,15H,1-2,9,11H2/t15-/m1/s1. The molecular formula is C19H16F3NO4. The van der Waals surface area contributed by atoms with E-state index in [2.05, 4.69) is 4.74 Å². The summed E-state index contributed by atoms with van der Waals surface area (Å²) < 4.78 is 53.1. The van der Waals surface area contributed by atoms with Crippen molar-refractivity contribution in [2.24, 2.45) is 0 Å². The molecule has 1 aliphatic heterocycles. The lowest BCUT2D eigenvalue weighted by Gasteiger charge is -2.11. The molecule has 5 nitrogen and oxygen atoms in total. The molecule has 0 amide bonds. The van der Waals surface area contributed by atoms with E-state index >= 15 is 0 Å². The second-order valence-electron chi connectivity index (χ2n) is 6.37. The third kappa shape index (κ3) is 3.85. The normalized spacial score (nSPS) is 17.5. The Kier molecular flexibility index (Phi) is 4.43. The van der Waals surface area contributed by atoms with Crippen LogP contribution in [0, 0.1) is 0 Å². The molecule has 0 aliphatic carbocycles. The van der Waals surface area contributed by atoms with Gasteiger partial charge in [-0.2, -0.15) is 0 Å². The van der Waals surface area contributed by atoms with Crippen LogP contribution in [0.15, 0.2) is 51.7 Å². The molecule has 0 unspecified atom stereocenters. The number of alkyl halides is 3. The molecule has 3 aromatic rings. The van der Waals surface area contributed by atoms with Gasteiger partial charge >= 0.3 is 12.1 Å². The number of oxazole rings is 1. The summed E-state index contributed by atoms with van der Waals surface area (Å²) in [5.41, 5.74) is 2.54. The lowest BCUT2D eigenvalue weighted by Crippen LogP contribution is -2.22. The highest BCUT2D eigenvalue weighted by atomic mass is 19.4. The molecule has 1 atom stereocenters. The summed E-state index contributed by atoms with van der Waals surface area (Å²) in [4.78, 5) is 12.2. The van der Waals surface area contributed by atoms with Crippen LogP contribution in [0.25, 0.3) is 22.2 Å². The molecule has 1 aliphatic rings. The number of nitrogens with zero attached hydrogens (tertiary/aromatic N) is 1. The molecular weight excluding hydrogens is 363 g/mol. The second-order valence-corrected chi connectivity index (χ2v) is 6.37. The molecule has 0 N–H and O–H groups in total. The maximum absolute atomic E-state index is 12.3. The van der Waals surface area contributed by atoms with Gasteiger partial charge in [0.2, 0.25) is 0 Å². The van der Waals surface area contributed by atoms with Crippen molar-refractivity contribution in [3.8, 4) is 16.9 Å². The minimum atomic E-state index is -4.73. The average molecular weight is 379 g/mol. The summed E-state index contributed by atoms with van der Waals surface area (Å²) in [5.74, 6) is -0.738. The van der Waals surface area contributed by atoms with E-state index in [1.54, 1.807) is 18.2 Å². The zero-order valence-corrected chi connectivity index (χ0v) is 14.2. The Morgan fingerprint density at radius 1 is 1.11 bits per heavy atom. The first kappa shape index (κ1) is 17.7. The Bertz CT molecular complexity index is 998. The number of hydrogen-bond acceptors (Lipinski definition) is 4. The third-order valence-corrected chi connectivity index (χ3v) is 4.50. The van der Waals surface area contributed by atoms with Gasteiger partial charge in [0.25, 0.3) is 0 Å². The number of hydrogen-bond donors (Lipinski definition) is 0. The zero-order chi connectivity index (χ0) is 19.0. The van der Waals surface area contributed by atoms with Crippen molar-refractivity contribution in [3.05, 3.63) is 53.0 Å². The van der Waals surface area contributed by atoms with Gasteiger partial charge in [0.1, 0.15) is 5.75 Å². The highest BCUT2D eigenvalue weighted by Gasteiger charge is 2.31. The lowest BCUT2D eigenvalue weighted by molar-refractivity contribution is -0.274. The van der Waals surface area contributed by atoms with Crippen LogP contribution in [0.2, 0.25) is 0 Å². The van der Waals surface area contributed by atoms with Gasteiger partial charge < -0.3 is 13.9 Å². The fourth-order valence-corrected chi connectivity index (χ4v) is 3.26. The molecule has 142 valence electrons. The van der Waals surface area contributed by atoms with E-state index in [9.17, 15) is 18.0 Å². The van der Waals surface area contributed by atoms with Crippen LogP contribution < -0.4 is 10.5 Å². The van der Waals surface area contributed by atoms with Crippen molar-refractivity contribution in [1.82, 2.24) is 4.57 Å². The Morgan fingerprint density at radius 3 is 2.52 bits per heavy atom. The van der Waals surface area contributed by atoms with Gasteiger partial charge in [-0.25, -0.2) is 4.79 Å². The summed E-state index contributed by atoms with van der Waals surface area (Å²) in [5, 5.41) is 0. The Hall–Kier alpha value is -2.74. The molecule has 2 aromatic carbocycles. The minimum Gasteiger partial charge on any atom is -0.408 e. The van der Waals surface area contributed by atoms with Gasteiger partial charge in [0, 0.05) is 6.61 Å². The van der Waals surface area contributed by atoms with E-state index in [4.69, 9.17) is 9.15 Å². The van der Waals surface area contributed by atoms with Crippen molar-refractivity contribution >= 4 is 11.1 Å². The predicted molar refractivity (Wildman–Crippen MR) is 91.6 cm³/mol. The monoisotopic (exact) mass is 379 g/mol. The van der Waals surface area contributed by atoms with Crippen molar-refractivity contribution < 1.29 is 27.1 Å². The number of fused-ring (bicyclic) bond motifs is 1. The smallest absolute Gasteiger partial charge is 0.408 e. The summed E-state index contributed by atoms with van der Waals surface area (Å²) >= 11 is 0. The van der Waals surface area contributed by atoms with Crippen LogP contribution in [0.1, 0.15) is 12.8 Å². The Labute approximate surface area is 151 Å². The minimum absolute atomic E-state index is 0.0223. The number of rotatable bonds is 4. The molecule has 1 aromatic heterocycles. The number of benzene rings is 2. The average Bonchev–Trinajstić information content (AvgIpc) is 3.23. The Balaban J connectivity index is 1.65. The fraction of sp³-hybridized carbons (Fsp3) is 0.316. The van der Waals surface area contributed by atoms with Crippen LogP contribution in [0.5, 0.6) is 5.75 Å². The van der Waals surface area contributed by atoms with Gasteiger partial charge in [0.05, 0.1) is 18.2 Å². The van der Waals surface area contributed by atoms with Crippen LogP contribution in [0.4, 0.5) is 13.2 Å². The summed E-state index contributed by atoms with van der Waals surface area (Å²) in [7, 11) is 0. The molecule has 27 heavy (non-hydrogen) atoms. The third-order valence-electron chi connectivity index (χ3n) is 4.50. The quantitative estimate of drug-likeness (QED) is 0.677. The SMILES string of the molecule is O=c1oc2ccc(-c3ccc(OC(F)(F)F)cc3)cc2n1C[C@H]1CCCO1. The molecule has 0 bridgehead atoms. The first-order chi connectivity index (χ1) is 12.9. The number of halogens is 3. The molecule has 0 saturated carbocycles. The largest absolute Gasteiger partial charge is 0.573 e. The predicted octanol–water partition coefficient (Wildman–Crippen LogP) is 4.34. The number of ether oxygens (including phenoxy) is 2. The summed E-state index contributed by atoms with van der Waals surface area (Å²) in [6, 6.07) is 10.8. The lowest BCUT2D eigenvalue weighted by atomic mass is 10.1. The molecule has 8 heteroatoms. The van der Waals surface area contributed by atoms with Crippen LogP contribution in [-0.4, -0.2) is 23.6 Å². The highest BCUT2D eigenvalue weighted by molar-refractivity contribution is 5.80. The maximum Gasteiger partial charge on any atom is 0.573 e. The van der Waals surface area contributed by atoms with Crippen LogP contribution >= 0.6 is 0 Å². The molecule has 4 rings (SSSR count). The van der Waals surface area contributed by atoms with Crippen molar-refractivity contribution in [3.63, 3.8) is 0 Å². The van der Waals surface area contributed by atoms with E-state index in [1.807, 2.05) is 0 Å². The molecule has 1 saturated heterocycles. The van der Waals surface area contributed by atoms with Crippen molar-refractivity contribution in [2.45, 2.75) is 31.9 Å². The summed E-state index contributed by atoms with van der Waals surface area (Å²) in [6.45, 7) is 1.10. The van der Waals surface area contributed by atoms with Gasteiger partial charge in [-0.3, -0.25) is 4.57 Å². The van der Waals surface area contributed by atoms with E-state index in [1.165, 1.54) is 28.8 Å². The highest BCUT2D eigenvalue weighted by Crippen LogP contribution is 2.28. The van der Waals surface area contributed by atoms with Crippen molar-refractivity contribution in [2.75, 3.05) is 6.61 Å². The van der Waals surface area contributed by atoms with Crippen LogP contribution in [0.3, 0.4) is 0 Å². The topological polar surface area (TPSA) is 53.6 Å². The van der Waals surface area contributed by atoms with Crippen molar-refractivity contribution in [1.29, 1.82) is 0 Å². The maximum atomic E-state index is 12.3. The Morgan fingerprint density at radius 2 is 1.85 bits per heavy atom. The zero-order valence-electron chi connectivity index (χ0n) is 14.2. The van der Waals surface area contributed by atoms with E-state index in [0.29, 0.717) is 29.8 Å². The van der Waals surface area contributed by atoms with Gasteiger partial charge in [0.15, 0.2) is 5.58 Å².